The number of morpholine rings is 1. The van der Waals surface area contributed by atoms with Crippen LogP contribution in [0.15, 0.2) is 12.3 Å². The number of rotatable bonds is 4. The maximum absolute atomic E-state index is 8.88. The largest absolute Gasteiger partial charge is 0.360 e. The molecule has 96 valence electrons. The summed E-state index contributed by atoms with van der Waals surface area (Å²) < 4.78 is 5.31. The van der Waals surface area contributed by atoms with Crippen LogP contribution in [-0.2, 0) is 4.74 Å². The van der Waals surface area contributed by atoms with Crippen molar-refractivity contribution in [3.63, 3.8) is 0 Å². The van der Waals surface area contributed by atoms with E-state index in [-0.39, 0.29) is 6.10 Å². The van der Waals surface area contributed by atoms with Gasteiger partial charge in [-0.05, 0) is 12.5 Å². The summed E-state index contributed by atoms with van der Waals surface area (Å²) in [4.78, 5) is 10.7. The number of hydrogen-bond acceptors (Lipinski definition) is 6. The SMILES string of the molecule is CCCNc1nccc(N2CCOC(C#N)C2)n1. The molecule has 0 aromatic carbocycles. The third kappa shape index (κ3) is 3.08. The molecule has 0 amide bonds. The molecule has 1 aliphatic heterocycles. The second-order valence-electron chi connectivity index (χ2n) is 4.10. The molecule has 1 unspecified atom stereocenters. The van der Waals surface area contributed by atoms with Gasteiger partial charge in [-0.15, -0.1) is 0 Å². The maximum Gasteiger partial charge on any atom is 0.224 e. The van der Waals surface area contributed by atoms with Crippen LogP contribution < -0.4 is 10.2 Å². The average molecular weight is 247 g/mol. The van der Waals surface area contributed by atoms with Crippen LogP contribution in [0.4, 0.5) is 11.8 Å². The van der Waals surface area contributed by atoms with E-state index in [1.807, 2.05) is 6.07 Å². The van der Waals surface area contributed by atoms with E-state index < -0.39 is 0 Å². The molecule has 18 heavy (non-hydrogen) atoms. The fourth-order valence-corrected chi connectivity index (χ4v) is 1.78. The summed E-state index contributed by atoms with van der Waals surface area (Å²) in [5, 5.41) is 12.0. The normalized spacial score (nSPS) is 19.3. The van der Waals surface area contributed by atoms with Crippen molar-refractivity contribution in [2.24, 2.45) is 0 Å². The molecule has 0 saturated carbocycles. The van der Waals surface area contributed by atoms with E-state index in [1.54, 1.807) is 6.20 Å². The molecule has 6 nitrogen and oxygen atoms in total. The van der Waals surface area contributed by atoms with Crippen molar-refractivity contribution in [2.75, 3.05) is 36.5 Å². The summed E-state index contributed by atoms with van der Waals surface area (Å²) in [7, 11) is 0. The number of hydrogen-bond donors (Lipinski definition) is 1. The third-order valence-corrected chi connectivity index (χ3v) is 2.71. The molecule has 1 aliphatic rings. The molecule has 0 spiro atoms. The van der Waals surface area contributed by atoms with Crippen molar-refractivity contribution in [2.45, 2.75) is 19.4 Å². The number of ether oxygens (including phenoxy) is 1. The van der Waals surface area contributed by atoms with Crippen molar-refractivity contribution in [3.8, 4) is 6.07 Å². The number of anilines is 2. The van der Waals surface area contributed by atoms with Gasteiger partial charge in [0.25, 0.3) is 0 Å². The molecular weight excluding hydrogens is 230 g/mol. The van der Waals surface area contributed by atoms with Crippen LogP contribution >= 0.6 is 0 Å². The van der Waals surface area contributed by atoms with Crippen molar-refractivity contribution in [1.82, 2.24) is 9.97 Å². The second-order valence-corrected chi connectivity index (χ2v) is 4.10. The van der Waals surface area contributed by atoms with Gasteiger partial charge in [-0.3, -0.25) is 0 Å². The molecule has 1 N–H and O–H groups in total. The van der Waals surface area contributed by atoms with Crippen molar-refractivity contribution < 1.29 is 4.74 Å². The Kier molecular flexibility index (Phi) is 4.31. The first-order valence-electron chi connectivity index (χ1n) is 6.16. The van der Waals surface area contributed by atoms with Crippen molar-refractivity contribution in [3.05, 3.63) is 12.3 Å². The topological polar surface area (TPSA) is 74.1 Å². The summed E-state index contributed by atoms with van der Waals surface area (Å²) in [6, 6.07) is 3.99. The van der Waals surface area contributed by atoms with Crippen LogP contribution in [0.3, 0.4) is 0 Å². The highest BCUT2D eigenvalue weighted by molar-refractivity contribution is 5.43. The van der Waals surface area contributed by atoms with E-state index in [0.29, 0.717) is 19.1 Å². The lowest BCUT2D eigenvalue weighted by atomic mass is 10.3. The van der Waals surface area contributed by atoms with E-state index in [0.717, 1.165) is 25.3 Å². The third-order valence-electron chi connectivity index (χ3n) is 2.71. The molecule has 1 atom stereocenters. The lowest BCUT2D eigenvalue weighted by Crippen LogP contribution is -2.42. The van der Waals surface area contributed by atoms with Gasteiger partial charge in [0, 0.05) is 19.3 Å². The van der Waals surface area contributed by atoms with Crippen LogP contribution in [-0.4, -0.2) is 42.3 Å². The highest BCUT2D eigenvalue weighted by Gasteiger charge is 2.21. The highest BCUT2D eigenvalue weighted by atomic mass is 16.5. The van der Waals surface area contributed by atoms with Gasteiger partial charge in [0.1, 0.15) is 5.82 Å². The Balaban J connectivity index is 2.05. The number of aromatic nitrogens is 2. The van der Waals surface area contributed by atoms with E-state index in [4.69, 9.17) is 10.00 Å². The maximum atomic E-state index is 8.88. The molecule has 1 aromatic rings. The molecule has 1 aromatic heterocycles. The minimum atomic E-state index is -0.374. The Hall–Kier alpha value is -1.87. The zero-order valence-corrected chi connectivity index (χ0v) is 10.5. The van der Waals surface area contributed by atoms with Gasteiger partial charge in [-0.25, -0.2) is 4.98 Å². The predicted molar refractivity (Wildman–Crippen MR) is 68.4 cm³/mol. The van der Waals surface area contributed by atoms with Crippen LogP contribution in [0, 0.1) is 11.3 Å². The molecular formula is C12H17N5O. The zero-order valence-electron chi connectivity index (χ0n) is 10.5. The second kappa shape index (κ2) is 6.17. The van der Waals surface area contributed by atoms with Gasteiger partial charge in [-0.1, -0.05) is 6.92 Å². The van der Waals surface area contributed by atoms with E-state index in [1.165, 1.54) is 0 Å². The first-order valence-corrected chi connectivity index (χ1v) is 6.16. The molecule has 0 aliphatic carbocycles. The first-order chi connectivity index (χ1) is 8.83. The lowest BCUT2D eigenvalue weighted by Gasteiger charge is -2.30. The molecule has 1 fully saturated rings. The first kappa shape index (κ1) is 12.6. The van der Waals surface area contributed by atoms with Gasteiger partial charge in [0.15, 0.2) is 6.10 Å². The van der Waals surface area contributed by atoms with Crippen molar-refractivity contribution >= 4 is 11.8 Å². The smallest absolute Gasteiger partial charge is 0.224 e. The molecule has 2 rings (SSSR count). The van der Waals surface area contributed by atoms with Crippen LogP contribution in [0.2, 0.25) is 0 Å². The predicted octanol–water partition coefficient (Wildman–Crippen LogP) is 1.03. The summed E-state index contributed by atoms with van der Waals surface area (Å²) in [6.45, 7) is 4.81. The van der Waals surface area contributed by atoms with Gasteiger partial charge >= 0.3 is 0 Å². The standard InChI is InChI=1S/C12H17N5O/c1-2-4-14-12-15-5-3-11(16-12)17-6-7-18-10(8-13)9-17/h3,5,10H,2,4,6-7,9H2,1H3,(H,14,15,16). The van der Waals surface area contributed by atoms with Gasteiger partial charge < -0.3 is 15.0 Å². The molecule has 0 bridgehead atoms. The lowest BCUT2D eigenvalue weighted by molar-refractivity contribution is 0.0761. The monoisotopic (exact) mass is 247 g/mol. The van der Waals surface area contributed by atoms with E-state index in [9.17, 15) is 0 Å². The average Bonchev–Trinajstić information content (AvgIpc) is 2.45. The molecule has 2 heterocycles. The number of nitriles is 1. The summed E-state index contributed by atoms with van der Waals surface area (Å²) >= 11 is 0. The minimum Gasteiger partial charge on any atom is -0.360 e. The van der Waals surface area contributed by atoms with Crippen LogP contribution in [0.5, 0.6) is 0 Å². The number of nitrogens with one attached hydrogen (secondary N) is 1. The zero-order chi connectivity index (χ0) is 12.8. The molecule has 6 heteroatoms. The summed E-state index contributed by atoms with van der Waals surface area (Å²) in [6.07, 6.45) is 2.39. The number of nitrogens with zero attached hydrogens (tertiary/aromatic N) is 4. The fraction of sp³-hybridized carbons (Fsp3) is 0.583. The summed E-state index contributed by atoms with van der Waals surface area (Å²) in [5.74, 6) is 1.47. The molecule has 1 saturated heterocycles. The Bertz CT molecular complexity index is 431. The van der Waals surface area contributed by atoms with Gasteiger partial charge in [0.05, 0.1) is 19.2 Å². The quantitative estimate of drug-likeness (QED) is 0.856. The Labute approximate surface area is 107 Å². The fourth-order valence-electron chi connectivity index (χ4n) is 1.78. The van der Waals surface area contributed by atoms with E-state index in [2.05, 4.69) is 33.2 Å². The Morgan fingerprint density at radius 3 is 3.33 bits per heavy atom. The Morgan fingerprint density at radius 2 is 2.56 bits per heavy atom. The van der Waals surface area contributed by atoms with E-state index >= 15 is 0 Å². The van der Waals surface area contributed by atoms with Crippen LogP contribution in [0.1, 0.15) is 13.3 Å². The molecule has 0 radical (unpaired) electrons. The van der Waals surface area contributed by atoms with Gasteiger partial charge in [-0.2, -0.15) is 10.2 Å². The van der Waals surface area contributed by atoms with Gasteiger partial charge in [0.2, 0.25) is 5.95 Å². The summed E-state index contributed by atoms with van der Waals surface area (Å²) in [5.41, 5.74) is 0. The Morgan fingerprint density at radius 1 is 1.67 bits per heavy atom. The minimum absolute atomic E-state index is 0.374. The highest BCUT2D eigenvalue weighted by Crippen LogP contribution is 2.15. The van der Waals surface area contributed by atoms with Crippen molar-refractivity contribution in [1.29, 1.82) is 5.26 Å². The van der Waals surface area contributed by atoms with Crippen LogP contribution in [0.25, 0.3) is 0 Å².